The Bertz CT molecular complexity index is 792. The molecule has 0 radical (unpaired) electrons. The highest BCUT2D eigenvalue weighted by Crippen LogP contribution is 2.29. The van der Waals surface area contributed by atoms with Crippen molar-refractivity contribution < 1.29 is 14.3 Å². The lowest BCUT2D eigenvalue weighted by molar-refractivity contribution is -0.134. The first kappa shape index (κ1) is 18.3. The number of piperazine rings is 1. The van der Waals surface area contributed by atoms with Crippen molar-refractivity contribution in [3.8, 4) is 16.3 Å². The SMILES string of the molecule is CNC(=O)C[C@H]1C(=O)NCCN1Cc1cnc(-c2cccc(OC)c2)s1. The standard InChI is InChI=1S/C18H22N4O3S/c1-19-16(23)9-15-17(24)20-6-7-22(15)11-14-10-21-18(26-14)12-4-3-5-13(8-12)25-2/h3-5,8,10,15H,6-7,9,11H2,1-2H3,(H,19,23)(H,20,24)/t15-/m0/s1. The van der Waals surface area contributed by atoms with Crippen molar-refractivity contribution in [1.29, 1.82) is 0 Å². The summed E-state index contributed by atoms with van der Waals surface area (Å²) < 4.78 is 5.26. The quantitative estimate of drug-likeness (QED) is 0.795. The lowest BCUT2D eigenvalue weighted by atomic mass is 10.1. The molecular formula is C18H22N4O3S. The summed E-state index contributed by atoms with van der Waals surface area (Å²) in [6.45, 7) is 1.89. The molecule has 138 valence electrons. The summed E-state index contributed by atoms with van der Waals surface area (Å²) in [7, 11) is 3.22. The third-order valence-electron chi connectivity index (χ3n) is 4.33. The first-order valence-corrected chi connectivity index (χ1v) is 9.24. The van der Waals surface area contributed by atoms with Crippen LogP contribution in [0.1, 0.15) is 11.3 Å². The van der Waals surface area contributed by atoms with E-state index in [1.807, 2.05) is 35.4 Å². The molecule has 0 unspecified atom stereocenters. The van der Waals surface area contributed by atoms with E-state index in [1.54, 1.807) is 25.5 Å². The van der Waals surface area contributed by atoms with E-state index in [0.717, 1.165) is 21.2 Å². The summed E-state index contributed by atoms with van der Waals surface area (Å²) in [5.74, 6) is 0.549. The van der Waals surface area contributed by atoms with Crippen LogP contribution in [-0.2, 0) is 16.1 Å². The van der Waals surface area contributed by atoms with E-state index < -0.39 is 6.04 Å². The van der Waals surface area contributed by atoms with Gasteiger partial charge in [0.2, 0.25) is 11.8 Å². The highest BCUT2D eigenvalue weighted by molar-refractivity contribution is 7.15. The monoisotopic (exact) mass is 374 g/mol. The number of hydrogen-bond acceptors (Lipinski definition) is 6. The molecule has 1 aliphatic rings. The topological polar surface area (TPSA) is 83.6 Å². The maximum atomic E-state index is 12.2. The zero-order chi connectivity index (χ0) is 18.5. The van der Waals surface area contributed by atoms with Crippen LogP contribution in [0.5, 0.6) is 5.75 Å². The molecule has 1 aromatic heterocycles. The van der Waals surface area contributed by atoms with Crippen LogP contribution >= 0.6 is 11.3 Å². The zero-order valence-electron chi connectivity index (χ0n) is 14.8. The van der Waals surface area contributed by atoms with Gasteiger partial charge >= 0.3 is 0 Å². The minimum Gasteiger partial charge on any atom is -0.497 e. The molecule has 7 nitrogen and oxygen atoms in total. The van der Waals surface area contributed by atoms with Gasteiger partial charge in [0.25, 0.3) is 0 Å². The molecule has 0 spiro atoms. The number of thiazole rings is 1. The Morgan fingerprint density at radius 2 is 2.35 bits per heavy atom. The molecule has 2 heterocycles. The van der Waals surface area contributed by atoms with Crippen molar-refractivity contribution in [2.24, 2.45) is 0 Å². The predicted molar refractivity (Wildman–Crippen MR) is 100.0 cm³/mol. The fourth-order valence-electron chi connectivity index (χ4n) is 2.92. The number of aromatic nitrogens is 1. The van der Waals surface area contributed by atoms with Gasteiger partial charge in [-0.25, -0.2) is 4.98 Å². The number of ether oxygens (including phenoxy) is 1. The Labute approximate surface area is 156 Å². The van der Waals surface area contributed by atoms with Crippen molar-refractivity contribution >= 4 is 23.2 Å². The molecule has 1 atom stereocenters. The molecule has 0 bridgehead atoms. The molecular weight excluding hydrogens is 352 g/mol. The first-order valence-electron chi connectivity index (χ1n) is 8.42. The second-order valence-corrected chi connectivity index (χ2v) is 7.13. The molecule has 3 rings (SSSR count). The first-order chi connectivity index (χ1) is 12.6. The Morgan fingerprint density at radius 1 is 1.50 bits per heavy atom. The van der Waals surface area contributed by atoms with Gasteiger partial charge in [0, 0.05) is 43.3 Å². The van der Waals surface area contributed by atoms with Crippen LogP contribution < -0.4 is 15.4 Å². The number of carbonyl (C=O) groups is 2. The minimum absolute atomic E-state index is 0.0996. The lowest BCUT2D eigenvalue weighted by Gasteiger charge is -2.34. The fourth-order valence-corrected chi connectivity index (χ4v) is 3.86. The smallest absolute Gasteiger partial charge is 0.237 e. The fraction of sp³-hybridized carbons (Fsp3) is 0.389. The van der Waals surface area contributed by atoms with E-state index in [0.29, 0.717) is 19.6 Å². The molecule has 2 N–H and O–H groups in total. The van der Waals surface area contributed by atoms with Gasteiger partial charge in [-0.3, -0.25) is 14.5 Å². The van der Waals surface area contributed by atoms with Gasteiger partial charge in [0.15, 0.2) is 0 Å². The molecule has 1 aliphatic heterocycles. The van der Waals surface area contributed by atoms with E-state index in [2.05, 4.69) is 15.6 Å². The maximum absolute atomic E-state index is 12.2. The van der Waals surface area contributed by atoms with E-state index in [-0.39, 0.29) is 18.2 Å². The second kappa shape index (κ2) is 8.29. The number of hydrogen-bond donors (Lipinski definition) is 2. The van der Waals surface area contributed by atoms with Crippen LogP contribution in [0.3, 0.4) is 0 Å². The Hall–Kier alpha value is -2.45. The van der Waals surface area contributed by atoms with Crippen LogP contribution in [0, 0.1) is 0 Å². The van der Waals surface area contributed by atoms with E-state index in [1.165, 1.54) is 0 Å². The Kier molecular flexibility index (Phi) is 5.85. The third-order valence-corrected chi connectivity index (χ3v) is 5.36. The Balaban J connectivity index is 1.74. The van der Waals surface area contributed by atoms with Crippen LogP contribution in [0.15, 0.2) is 30.5 Å². The number of nitrogens with zero attached hydrogens (tertiary/aromatic N) is 2. The predicted octanol–water partition coefficient (Wildman–Crippen LogP) is 1.26. The van der Waals surface area contributed by atoms with Gasteiger partial charge in [-0.05, 0) is 12.1 Å². The van der Waals surface area contributed by atoms with Crippen LogP contribution in [0.2, 0.25) is 0 Å². The number of nitrogens with one attached hydrogen (secondary N) is 2. The number of benzene rings is 1. The van der Waals surface area contributed by atoms with Crippen molar-refractivity contribution in [1.82, 2.24) is 20.5 Å². The van der Waals surface area contributed by atoms with E-state index >= 15 is 0 Å². The van der Waals surface area contributed by atoms with Gasteiger partial charge in [-0.1, -0.05) is 12.1 Å². The van der Waals surface area contributed by atoms with Crippen LogP contribution in [0.25, 0.3) is 10.6 Å². The molecule has 2 aromatic rings. The van der Waals surface area contributed by atoms with Crippen molar-refractivity contribution in [3.63, 3.8) is 0 Å². The van der Waals surface area contributed by atoms with Crippen LogP contribution in [-0.4, -0.2) is 55.0 Å². The summed E-state index contributed by atoms with van der Waals surface area (Å²) in [6.07, 6.45) is 1.99. The molecule has 0 aliphatic carbocycles. The highest BCUT2D eigenvalue weighted by Gasteiger charge is 2.31. The van der Waals surface area contributed by atoms with Crippen molar-refractivity contribution in [2.45, 2.75) is 19.0 Å². The van der Waals surface area contributed by atoms with Gasteiger partial charge < -0.3 is 15.4 Å². The molecule has 1 saturated heterocycles. The van der Waals surface area contributed by atoms with Gasteiger partial charge in [-0.2, -0.15) is 0 Å². The van der Waals surface area contributed by atoms with Gasteiger partial charge in [0.1, 0.15) is 10.8 Å². The van der Waals surface area contributed by atoms with Crippen molar-refractivity contribution in [2.75, 3.05) is 27.2 Å². The number of carbonyl (C=O) groups excluding carboxylic acids is 2. The Morgan fingerprint density at radius 3 is 3.12 bits per heavy atom. The molecule has 2 amide bonds. The molecule has 26 heavy (non-hydrogen) atoms. The van der Waals surface area contributed by atoms with E-state index in [9.17, 15) is 9.59 Å². The summed E-state index contributed by atoms with van der Waals surface area (Å²) >= 11 is 1.59. The summed E-state index contributed by atoms with van der Waals surface area (Å²) in [6, 6.07) is 7.32. The average Bonchev–Trinajstić information content (AvgIpc) is 3.13. The molecule has 8 heteroatoms. The van der Waals surface area contributed by atoms with Crippen LogP contribution in [0.4, 0.5) is 0 Å². The maximum Gasteiger partial charge on any atom is 0.237 e. The summed E-state index contributed by atoms with van der Waals surface area (Å²) in [5.41, 5.74) is 0.999. The zero-order valence-corrected chi connectivity index (χ0v) is 15.6. The molecule has 1 fully saturated rings. The van der Waals surface area contributed by atoms with Crippen molar-refractivity contribution in [3.05, 3.63) is 35.3 Å². The molecule has 1 aromatic carbocycles. The second-order valence-electron chi connectivity index (χ2n) is 6.02. The largest absolute Gasteiger partial charge is 0.497 e. The van der Waals surface area contributed by atoms with Gasteiger partial charge in [-0.15, -0.1) is 11.3 Å². The number of rotatable bonds is 6. The normalized spacial score (nSPS) is 17.6. The lowest BCUT2D eigenvalue weighted by Crippen LogP contribution is -2.55. The molecule has 0 saturated carbocycles. The average molecular weight is 374 g/mol. The summed E-state index contributed by atoms with van der Waals surface area (Å²) in [5, 5.41) is 6.33. The van der Waals surface area contributed by atoms with Gasteiger partial charge in [0.05, 0.1) is 19.6 Å². The summed E-state index contributed by atoms with van der Waals surface area (Å²) in [4.78, 5) is 31.5. The number of methoxy groups -OCH3 is 1. The highest BCUT2D eigenvalue weighted by atomic mass is 32.1. The third kappa shape index (κ3) is 4.20. The van der Waals surface area contributed by atoms with E-state index in [4.69, 9.17) is 4.74 Å². The minimum atomic E-state index is -0.453. The number of amides is 2.